The molecule has 1 aromatic carbocycles. The molecule has 1 aromatic heterocycles. The number of nitrogens with zero attached hydrogens (tertiary/aromatic N) is 3. The van der Waals surface area contributed by atoms with Gasteiger partial charge in [-0.25, -0.2) is 14.1 Å². The van der Waals surface area contributed by atoms with E-state index in [1.807, 2.05) is 11.8 Å². The molecule has 0 unspecified atom stereocenters. The van der Waals surface area contributed by atoms with Crippen molar-refractivity contribution in [3.63, 3.8) is 0 Å². The molecule has 0 atom stereocenters. The summed E-state index contributed by atoms with van der Waals surface area (Å²) < 4.78 is 14.5. The molecule has 2 heterocycles. The third-order valence-electron chi connectivity index (χ3n) is 3.60. The van der Waals surface area contributed by atoms with Crippen molar-refractivity contribution in [3.05, 3.63) is 41.7 Å². The lowest BCUT2D eigenvalue weighted by Crippen LogP contribution is -2.37. The van der Waals surface area contributed by atoms with Crippen LogP contribution in [0.25, 0.3) is 5.69 Å². The van der Waals surface area contributed by atoms with Gasteiger partial charge in [-0.3, -0.25) is 4.79 Å². The molecule has 1 aliphatic rings. The van der Waals surface area contributed by atoms with Crippen LogP contribution in [0.3, 0.4) is 0 Å². The molecule has 116 valence electrons. The summed E-state index contributed by atoms with van der Waals surface area (Å²) in [6, 6.07) is 6.13. The first-order chi connectivity index (χ1) is 10.6. The van der Waals surface area contributed by atoms with Gasteiger partial charge in [0.2, 0.25) is 5.82 Å². The van der Waals surface area contributed by atoms with Gasteiger partial charge in [0.05, 0.1) is 5.69 Å². The Bertz CT molecular complexity index is 665. The summed E-state index contributed by atoms with van der Waals surface area (Å²) in [5.41, 5.74) is 0.680. The van der Waals surface area contributed by atoms with Crippen molar-refractivity contribution in [1.82, 2.24) is 20.1 Å². The van der Waals surface area contributed by atoms with Crippen molar-refractivity contribution < 1.29 is 9.18 Å². The van der Waals surface area contributed by atoms with E-state index in [0.29, 0.717) is 11.5 Å². The molecule has 0 spiro atoms. The Kier molecular flexibility index (Phi) is 4.42. The van der Waals surface area contributed by atoms with Gasteiger partial charge in [0, 0.05) is 6.04 Å². The number of halogens is 1. The quantitative estimate of drug-likeness (QED) is 0.943. The SMILES string of the molecule is Cc1nc(C(=O)NC2CCSCC2)nn1-c1ccc(F)cc1. The molecule has 0 saturated carbocycles. The van der Waals surface area contributed by atoms with E-state index in [2.05, 4.69) is 15.4 Å². The van der Waals surface area contributed by atoms with Gasteiger partial charge >= 0.3 is 0 Å². The highest BCUT2D eigenvalue weighted by Crippen LogP contribution is 2.17. The molecule has 2 aromatic rings. The van der Waals surface area contributed by atoms with Gasteiger partial charge in [-0.1, -0.05) is 0 Å². The van der Waals surface area contributed by atoms with E-state index >= 15 is 0 Å². The third kappa shape index (κ3) is 3.30. The number of aryl methyl sites for hydroxylation is 1. The standard InChI is InChI=1S/C15H17FN4OS/c1-10-17-14(15(21)18-12-6-8-22-9-7-12)19-20(10)13-4-2-11(16)3-5-13/h2-5,12H,6-9H2,1H3,(H,18,21). The number of carbonyl (C=O) groups excluding carboxylic acids is 1. The maximum Gasteiger partial charge on any atom is 0.291 e. The monoisotopic (exact) mass is 320 g/mol. The smallest absolute Gasteiger partial charge is 0.291 e. The molecule has 1 amide bonds. The molecular formula is C15H17FN4OS. The molecular weight excluding hydrogens is 303 g/mol. The third-order valence-corrected chi connectivity index (χ3v) is 4.65. The number of amides is 1. The highest BCUT2D eigenvalue weighted by Gasteiger charge is 2.20. The number of thioether (sulfide) groups is 1. The van der Waals surface area contributed by atoms with Crippen LogP contribution in [-0.4, -0.2) is 38.2 Å². The van der Waals surface area contributed by atoms with Crippen LogP contribution >= 0.6 is 11.8 Å². The summed E-state index contributed by atoms with van der Waals surface area (Å²) in [6.45, 7) is 1.77. The molecule has 5 nitrogen and oxygen atoms in total. The lowest BCUT2D eigenvalue weighted by molar-refractivity contribution is 0.0924. The molecule has 1 N–H and O–H groups in total. The van der Waals surface area contributed by atoms with Crippen LogP contribution in [0.5, 0.6) is 0 Å². The minimum atomic E-state index is -0.311. The molecule has 0 aliphatic carbocycles. The normalized spacial score (nSPS) is 15.7. The second kappa shape index (κ2) is 6.48. The summed E-state index contributed by atoms with van der Waals surface area (Å²) in [6.07, 6.45) is 1.96. The molecule has 1 fully saturated rings. The first-order valence-corrected chi connectivity index (χ1v) is 8.37. The van der Waals surface area contributed by atoms with Gasteiger partial charge in [0.25, 0.3) is 5.91 Å². The molecule has 1 saturated heterocycles. The Hall–Kier alpha value is -1.89. The van der Waals surface area contributed by atoms with E-state index in [0.717, 1.165) is 24.3 Å². The van der Waals surface area contributed by atoms with Gasteiger partial charge in [-0.05, 0) is 55.5 Å². The fourth-order valence-electron chi connectivity index (χ4n) is 2.40. The molecule has 3 rings (SSSR count). The van der Waals surface area contributed by atoms with Crippen molar-refractivity contribution in [1.29, 1.82) is 0 Å². The van der Waals surface area contributed by atoms with Crippen molar-refractivity contribution in [3.8, 4) is 5.69 Å². The number of aromatic nitrogens is 3. The first kappa shape index (κ1) is 15.0. The lowest BCUT2D eigenvalue weighted by Gasteiger charge is -2.21. The van der Waals surface area contributed by atoms with E-state index in [4.69, 9.17) is 0 Å². The second-order valence-electron chi connectivity index (χ2n) is 5.23. The Labute approximate surface area is 132 Å². The topological polar surface area (TPSA) is 59.8 Å². The highest BCUT2D eigenvalue weighted by atomic mass is 32.2. The fraction of sp³-hybridized carbons (Fsp3) is 0.400. The second-order valence-corrected chi connectivity index (χ2v) is 6.46. The van der Waals surface area contributed by atoms with Crippen molar-refractivity contribution in [2.75, 3.05) is 11.5 Å². The Morgan fingerprint density at radius 2 is 2.00 bits per heavy atom. The van der Waals surface area contributed by atoms with Crippen LogP contribution in [0.2, 0.25) is 0 Å². The summed E-state index contributed by atoms with van der Waals surface area (Å²) in [5.74, 6) is 2.33. The maximum absolute atomic E-state index is 13.0. The van der Waals surface area contributed by atoms with Gasteiger partial charge in [-0.15, -0.1) is 5.10 Å². The number of benzene rings is 1. The van der Waals surface area contributed by atoms with Gasteiger partial charge < -0.3 is 5.32 Å². The van der Waals surface area contributed by atoms with Crippen LogP contribution in [0.15, 0.2) is 24.3 Å². The number of carbonyl (C=O) groups is 1. The largest absolute Gasteiger partial charge is 0.346 e. The van der Waals surface area contributed by atoms with E-state index < -0.39 is 0 Å². The number of hydrogen-bond donors (Lipinski definition) is 1. The summed E-state index contributed by atoms with van der Waals surface area (Å²) in [5, 5.41) is 7.23. The molecule has 1 aliphatic heterocycles. The first-order valence-electron chi connectivity index (χ1n) is 7.22. The van der Waals surface area contributed by atoms with Crippen LogP contribution in [-0.2, 0) is 0 Å². The Balaban J connectivity index is 1.76. The van der Waals surface area contributed by atoms with Crippen molar-refractivity contribution in [2.24, 2.45) is 0 Å². The molecule has 0 radical (unpaired) electrons. The highest BCUT2D eigenvalue weighted by molar-refractivity contribution is 7.99. The van der Waals surface area contributed by atoms with Crippen LogP contribution < -0.4 is 5.32 Å². The predicted octanol–water partition coefficient (Wildman–Crippen LogP) is 2.34. The molecule has 7 heteroatoms. The van der Waals surface area contributed by atoms with Gasteiger partial charge in [-0.2, -0.15) is 11.8 Å². The minimum Gasteiger partial charge on any atom is -0.346 e. The zero-order valence-corrected chi connectivity index (χ0v) is 13.1. The van der Waals surface area contributed by atoms with Crippen LogP contribution in [0, 0.1) is 12.7 Å². The van der Waals surface area contributed by atoms with Gasteiger partial charge in [0.15, 0.2) is 0 Å². The zero-order chi connectivity index (χ0) is 15.5. The fourth-order valence-corrected chi connectivity index (χ4v) is 3.51. The van der Waals surface area contributed by atoms with E-state index in [1.165, 1.54) is 12.1 Å². The molecule has 22 heavy (non-hydrogen) atoms. The van der Waals surface area contributed by atoms with Crippen LogP contribution in [0.1, 0.15) is 29.3 Å². The summed E-state index contributed by atoms with van der Waals surface area (Å²) >= 11 is 1.91. The minimum absolute atomic E-state index is 0.153. The average Bonchev–Trinajstić information content (AvgIpc) is 2.91. The maximum atomic E-state index is 13.0. The number of hydrogen-bond acceptors (Lipinski definition) is 4. The lowest BCUT2D eigenvalue weighted by atomic mass is 10.1. The van der Waals surface area contributed by atoms with Crippen LogP contribution in [0.4, 0.5) is 4.39 Å². The van der Waals surface area contributed by atoms with E-state index in [-0.39, 0.29) is 23.6 Å². The summed E-state index contributed by atoms with van der Waals surface area (Å²) in [4.78, 5) is 16.5. The van der Waals surface area contributed by atoms with Crippen molar-refractivity contribution >= 4 is 17.7 Å². The van der Waals surface area contributed by atoms with Crippen molar-refractivity contribution in [2.45, 2.75) is 25.8 Å². The predicted molar refractivity (Wildman–Crippen MR) is 83.9 cm³/mol. The molecule has 0 bridgehead atoms. The zero-order valence-electron chi connectivity index (χ0n) is 12.3. The number of nitrogens with one attached hydrogen (secondary N) is 1. The average molecular weight is 320 g/mol. The Morgan fingerprint density at radius 3 is 2.68 bits per heavy atom. The van der Waals surface area contributed by atoms with E-state index in [1.54, 1.807) is 23.7 Å². The van der Waals surface area contributed by atoms with Gasteiger partial charge in [0.1, 0.15) is 11.6 Å². The Morgan fingerprint density at radius 1 is 1.32 bits per heavy atom. The summed E-state index contributed by atoms with van der Waals surface area (Å²) in [7, 11) is 0. The number of rotatable bonds is 3. The van der Waals surface area contributed by atoms with E-state index in [9.17, 15) is 9.18 Å².